The highest BCUT2D eigenvalue weighted by molar-refractivity contribution is 4.79. The summed E-state index contributed by atoms with van der Waals surface area (Å²) in [6.45, 7) is 6.21. The average molecular weight is 100 g/mol. The van der Waals surface area contributed by atoms with Gasteiger partial charge in [-0.15, -0.1) is 0 Å². The maximum absolute atomic E-state index is 7.39. The zero-order valence-electron chi connectivity index (χ0n) is 6.49. The van der Waals surface area contributed by atoms with Crippen LogP contribution in [0.4, 0.5) is 0 Å². The first kappa shape index (κ1) is 5.14. The minimum atomic E-state index is 0.0833. The molecule has 0 bridgehead atoms. The van der Waals surface area contributed by atoms with E-state index in [2.05, 4.69) is 20.8 Å². The Labute approximate surface area is 48.3 Å². The van der Waals surface area contributed by atoms with Gasteiger partial charge in [0, 0.05) is 1.37 Å². The van der Waals surface area contributed by atoms with Crippen molar-refractivity contribution in [2.24, 2.45) is 0 Å². The van der Waals surface area contributed by atoms with Crippen LogP contribution in [0.5, 0.6) is 0 Å². The minimum absolute atomic E-state index is 0.0833. The molecule has 0 aliphatic carbocycles. The molecule has 0 spiro atoms. The van der Waals surface area contributed by atoms with Gasteiger partial charge in [-0.2, -0.15) is 0 Å². The van der Waals surface area contributed by atoms with Crippen molar-refractivity contribution in [2.75, 3.05) is 0 Å². The third-order valence-corrected chi connectivity index (χ3v) is 1.11. The second-order valence-electron chi connectivity index (χ2n) is 1.81. The molecule has 1 atom stereocenters. The quantitative estimate of drug-likeness (QED) is 0.511. The number of rotatable bonds is 3. The van der Waals surface area contributed by atoms with Crippen LogP contribution in [0.15, 0.2) is 0 Å². The van der Waals surface area contributed by atoms with Gasteiger partial charge in [-0.3, -0.25) is 0 Å². The summed E-state index contributed by atoms with van der Waals surface area (Å²) in [7, 11) is 0. The Morgan fingerprint density at radius 3 is 2.29 bits per heavy atom. The molecule has 0 aliphatic heterocycles. The Bertz CT molecular complexity index is 44.3. The van der Waals surface area contributed by atoms with Crippen LogP contribution in [0.25, 0.3) is 0 Å². The van der Waals surface area contributed by atoms with Gasteiger partial charge in [-0.05, 0) is 12.3 Å². The van der Waals surface area contributed by atoms with E-state index in [1.165, 1.54) is 5.92 Å². The molecular weight excluding hydrogens is 84.1 g/mol. The summed E-state index contributed by atoms with van der Waals surface area (Å²) < 4.78 is 7.39. The Morgan fingerprint density at radius 2 is 2.14 bits per heavy atom. The monoisotopic (exact) mass is 100 g/mol. The summed E-state index contributed by atoms with van der Waals surface area (Å²) in [6, 6.07) is 0. The van der Waals surface area contributed by atoms with Gasteiger partial charge in [-0.1, -0.05) is 33.6 Å². The molecule has 0 saturated carbocycles. The van der Waals surface area contributed by atoms with E-state index in [1.807, 2.05) is 0 Å². The van der Waals surface area contributed by atoms with Crippen molar-refractivity contribution in [1.82, 2.24) is 0 Å². The fourth-order valence-corrected chi connectivity index (χ4v) is 0.493. The van der Waals surface area contributed by atoms with Crippen molar-refractivity contribution in [2.45, 2.75) is 40.0 Å². The molecule has 0 fully saturated rings. The topological polar surface area (TPSA) is 0 Å². The van der Waals surface area contributed by atoms with E-state index in [4.69, 9.17) is 1.37 Å². The second kappa shape index (κ2) is 4.17. The van der Waals surface area contributed by atoms with Gasteiger partial charge in [-0.25, -0.2) is 0 Å². The van der Waals surface area contributed by atoms with Crippen LogP contribution in [0.3, 0.4) is 0 Å². The van der Waals surface area contributed by atoms with Crippen LogP contribution in [-0.4, -0.2) is 0 Å². The molecule has 43 valence electrons. The van der Waals surface area contributed by atoms with Crippen molar-refractivity contribution in [3.05, 3.63) is 5.92 Å². The lowest BCUT2D eigenvalue weighted by Gasteiger charge is -2.01. The fourth-order valence-electron chi connectivity index (χ4n) is 0.493. The molecule has 1 unspecified atom stereocenters. The van der Waals surface area contributed by atoms with Crippen LogP contribution in [0.1, 0.15) is 41.4 Å². The second-order valence-corrected chi connectivity index (χ2v) is 1.81. The normalized spacial score (nSPS) is 16.9. The van der Waals surface area contributed by atoms with Gasteiger partial charge < -0.3 is 0 Å². The highest BCUT2D eigenvalue weighted by atomic mass is 14.0. The predicted molar refractivity (Wildman–Crippen MR) is 34.1 cm³/mol. The zero-order valence-corrected chi connectivity index (χ0v) is 5.49. The standard InChI is InChI=1S/C7H15/c1-4-6-7(3)5-2/h4-6H2,1-3H3/i6D. The van der Waals surface area contributed by atoms with Crippen molar-refractivity contribution in [1.29, 1.82) is 0 Å². The molecule has 0 amide bonds. The van der Waals surface area contributed by atoms with E-state index < -0.39 is 0 Å². The molecule has 0 rings (SSSR count). The summed E-state index contributed by atoms with van der Waals surface area (Å²) in [4.78, 5) is 0. The van der Waals surface area contributed by atoms with Gasteiger partial charge in [0.05, 0.1) is 0 Å². The molecule has 0 aliphatic rings. The smallest absolute Gasteiger partial charge is 0.0272 e. The summed E-state index contributed by atoms with van der Waals surface area (Å²) >= 11 is 0. The molecule has 0 aromatic heterocycles. The highest BCUT2D eigenvalue weighted by Crippen LogP contribution is 2.09. The summed E-state index contributed by atoms with van der Waals surface area (Å²) in [5, 5.41) is 0. The van der Waals surface area contributed by atoms with Crippen LogP contribution >= 0.6 is 0 Å². The predicted octanol–water partition coefficient (Wildman–Crippen LogP) is 2.79. The summed E-state index contributed by atoms with van der Waals surface area (Å²) in [5.74, 6) is 1.30. The third-order valence-electron chi connectivity index (χ3n) is 1.11. The Kier molecular flexibility index (Phi) is 3.06. The molecule has 0 nitrogen and oxygen atoms in total. The van der Waals surface area contributed by atoms with Crippen LogP contribution in [0.2, 0.25) is 0 Å². The first-order chi connectivity index (χ1) is 3.72. The van der Waals surface area contributed by atoms with Crippen molar-refractivity contribution in [3.63, 3.8) is 0 Å². The lowest BCUT2D eigenvalue weighted by Crippen LogP contribution is -1.85. The van der Waals surface area contributed by atoms with E-state index in [9.17, 15) is 0 Å². The van der Waals surface area contributed by atoms with Crippen molar-refractivity contribution >= 4 is 0 Å². The average Bonchev–Trinajstić information content (AvgIpc) is 1.84. The Hall–Kier alpha value is 0. The maximum Gasteiger partial charge on any atom is 0.0272 e. The van der Waals surface area contributed by atoms with E-state index >= 15 is 0 Å². The molecule has 7 heavy (non-hydrogen) atoms. The molecule has 0 aromatic carbocycles. The van der Waals surface area contributed by atoms with Gasteiger partial charge >= 0.3 is 0 Å². The molecule has 0 saturated heterocycles. The largest absolute Gasteiger partial charge is 0.0654 e. The van der Waals surface area contributed by atoms with Crippen LogP contribution in [0, 0.1) is 5.92 Å². The van der Waals surface area contributed by atoms with Crippen molar-refractivity contribution < 1.29 is 1.37 Å². The first-order valence-electron chi connectivity index (χ1n) is 3.54. The Morgan fingerprint density at radius 1 is 1.57 bits per heavy atom. The van der Waals surface area contributed by atoms with Gasteiger partial charge in [0.2, 0.25) is 0 Å². The summed E-state index contributed by atoms with van der Waals surface area (Å²) in [6.07, 6.45) is 2.10. The number of hydrogen-bond acceptors (Lipinski definition) is 0. The van der Waals surface area contributed by atoms with E-state index in [1.54, 1.807) is 0 Å². The highest BCUT2D eigenvalue weighted by Gasteiger charge is 1.93. The van der Waals surface area contributed by atoms with E-state index in [-0.39, 0.29) is 6.40 Å². The molecule has 1 radical (unpaired) electrons. The molecule has 0 N–H and O–H groups in total. The minimum Gasteiger partial charge on any atom is -0.0654 e. The third kappa shape index (κ3) is 3.84. The van der Waals surface area contributed by atoms with Gasteiger partial charge in [0.25, 0.3) is 0 Å². The van der Waals surface area contributed by atoms with Crippen molar-refractivity contribution in [3.8, 4) is 0 Å². The molecular formula is C7H15. The van der Waals surface area contributed by atoms with Gasteiger partial charge in [0.1, 0.15) is 0 Å². The van der Waals surface area contributed by atoms with E-state index in [0.29, 0.717) is 0 Å². The first-order valence-corrected chi connectivity index (χ1v) is 2.96. The zero-order chi connectivity index (χ0) is 6.57. The SMILES string of the molecule is [2H]C(CC)[C](C)CC. The molecule has 0 aromatic rings. The van der Waals surface area contributed by atoms with Gasteiger partial charge in [0.15, 0.2) is 0 Å². The lowest BCUT2D eigenvalue weighted by molar-refractivity contribution is 0.746. The lowest BCUT2D eigenvalue weighted by atomic mass is 10.0. The van der Waals surface area contributed by atoms with Crippen LogP contribution in [-0.2, 0) is 0 Å². The maximum atomic E-state index is 7.39. The fraction of sp³-hybridized carbons (Fsp3) is 0.857. The Balaban J connectivity index is 3.29. The van der Waals surface area contributed by atoms with Crippen LogP contribution < -0.4 is 0 Å². The summed E-state index contributed by atoms with van der Waals surface area (Å²) in [5.41, 5.74) is 0. The molecule has 0 heterocycles. The molecule has 0 heteroatoms. The number of hydrogen-bond donors (Lipinski definition) is 0. The van der Waals surface area contributed by atoms with E-state index in [0.717, 1.165) is 12.8 Å².